The summed E-state index contributed by atoms with van der Waals surface area (Å²) in [5.74, 6) is 0.640. The Morgan fingerprint density at radius 3 is 2.29 bits per heavy atom. The van der Waals surface area contributed by atoms with Crippen LogP contribution in [0.1, 0.15) is 38.5 Å². The van der Waals surface area contributed by atoms with Crippen LogP contribution in [0, 0.1) is 0 Å². The molecule has 0 unspecified atom stereocenters. The fraction of sp³-hybridized carbons (Fsp3) is 0.800. The molecule has 0 saturated carbocycles. The molecule has 1 aliphatic heterocycles. The van der Waals surface area contributed by atoms with E-state index in [1.54, 1.807) is 0 Å². The monoisotopic (exact) mass is 217 g/mol. The van der Waals surface area contributed by atoms with Crippen LogP contribution in [0.3, 0.4) is 0 Å². The highest BCUT2D eigenvalue weighted by molar-refractivity contribution is 6.17. The minimum Gasteiger partial charge on any atom is -0.283 e. The van der Waals surface area contributed by atoms with Gasteiger partial charge in [-0.2, -0.15) is 0 Å². The number of halogens is 1. The summed E-state index contributed by atoms with van der Waals surface area (Å²) in [5.41, 5.74) is 0. The normalized spacial score (nSPS) is 17.6. The maximum Gasteiger partial charge on any atom is 0.229 e. The van der Waals surface area contributed by atoms with Crippen LogP contribution in [0.5, 0.6) is 0 Å². The highest BCUT2D eigenvalue weighted by Gasteiger charge is 2.24. The van der Waals surface area contributed by atoms with Crippen molar-refractivity contribution >= 4 is 23.4 Å². The number of alkyl halides is 1. The lowest BCUT2D eigenvalue weighted by atomic mass is 10.1. The number of piperidine rings is 1. The van der Waals surface area contributed by atoms with Crippen molar-refractivity contribution in [1.29, 1.82) is 0 Å². The van der Waals surface area contributed by atoms with Gasteiger partial charge < -0.3 is 0 Å². The first-order valence-corrected chi connectivity index (χ1v) is 5.68. The van der Waals surface area contributed by atoms with E-state index in [1.807, 2.05) is 0 Å². The minimum absolute atomic E-state index is 0.00729. The molecule has 1 saturated heterocycles. The van der Waals surface area contributed by atoms with E-state index < -0.39 is 0 Å². The van der Waals surface area contributed by atoms with Gasteiger partial charge in [0.05, 0.1) is 0 Å². The number of likely N-dealkylation sites (tertiary alicyclic amines) is 1. The van der Waals surface area contributed by atoms with Crippen LogP contribution in [-0.2, 0) is 9.59 Å². The number of imide groups is 1. The summed E-state index contributed by atoms with van der Waals surface area (Å²) in [6, 6.07) is 0. The van der Waals surface area contributed by atoms with Crippen molar-refractivity contribution in [3.63, 3.8) is 0 Å². The predicted octanol–water partition coefficient (Wildman–Crippen LogP) is 1.93. The zero-order chi connectivity index (χ0) is 10.4. The molecule has 1 rings (SSSR count). The first kappa shape index (κ1) is 11.5. The molecule has 1 heterocycles. The van der Waals surface area contributed by atoms with Crippen molar-refractivity contribution in [2.75, 3.05) is 12.4 Å². The predicted molar refractivity (Wildman–Crippen MR) is 55.1 cm³/mol. The van der Waals surface area contributed by atoms with E-state index in [-0.39, 0.29) is 11.8 Å². The fourth-order valence-corrected chi connectivity index (χ4v) is 1.78. The summed E-state index contributed by atoms with van der Waals surface area (Å²) in [5, 5.41) is 0. The number of nitrogens with zero attached hydrogens (tertiary/aromatic N) is 1. The topological polar surface area (TPSA) is 37.4 Å². The van der Waals surface area contributed by atoms with Crippen LogP contribution in [0.4, 0.5) is 0 Å². The highest BCUT2D eigenvalue weighted by Crippen LogP contribution is 2.13. The minimum atomic E-state index is -0.00729. The van der Waals surface area contributed by atoms with Crippen LogP contribution in [-0.4, -0.2) is 29.1 Å². The van der Waals surface area contributed by atoms with Gasteiger partial charge in [-0.3, -0.25) is 14.5 Å². The van der Waals surface area contributed by atoms with Crippen LogP contribution in [0.25, 0.3) is 0 Å². The first-order chi connectivity index (χ1) is 6.75. The summed E-state index contributed by atoms with van der Waals surface area (Å²) in [6.07, 6.45) is 4.60. The molecule has 1 fully saturated rings. The molecule has 0 aliphatic carbocycles. The van der Waals surface area contributed by atoms with E-state index in [9.17, 15) is 9.59 Å². The third kappa shape index (κ3) is 3.29. The number of hydrogen-bond acceptors (Lipinski definition) is 2. The Balaban J connectivity index is 2.26. The Labute approximate surface area is 89.4 Å². The second kappa shape index (κ2) is 6.02. The van der Waals surface area contributed by atoms with Gasteiger partial charge in [-0.1, -0.05) is 6.42 Å². The van der Waals surface area contributed by atoms with E-state index >= 15 is 0 Å². The summed E-state index contributed by atoms with van der Waals surface area (Å²) in [4.78, 5) is 24.1. The quantitative estimate of drug-likeness (QED) is 0.401. The summed E-state index contributed by atoms with van der Waals surface area (Å²) in [6.45, 7) is 0.578. The lowest BCUT2D eigenvalue weighted by molar-refractivity contribution is -0.147. The Hall–Kier alpha value is -0.570. The number of unbranched alkanes of at least 4 members (excludes halogenated alkanes) is 2. The first-order valence-electron chi connectivity index (χ1n) is 5.15. The van der Waals surface area contributed by atoms with Crippen LogP contribution in [0.15, 0.2) is 0 Å². The zero-order valence-corrected chi connectivity index (χ0v) is 9.05. The lowest BCUT2D eigenvalue weighted by Crippen LogP contribution is -2.40. The molecule has 0 bridgehead atoms. The second-order valence-corrected chi connectivity index (χ2v) is 3.92. The zero-order valence-electron chi connectivity index (χ0n) is 8.30. The molecule has 0 aromatic rings. The summed E-state index contributed by atoms with van der Waals surface area (Å²) >= 11 is 5.53. The SMILES string of the molecule is O=C1CCCC(=O)N1CCCCCCl. The molecule has 4 heteroatoms. The van der Waals surface area contributed by atoms with Crippen molar-refractivity contribution in [3.8, 4) is 0 Å². The van der Waals surface area contributed by atoms with Crippen molar-refractivity contribution in [2.45, 2.75) is 38.5 Å². The number of hydrogen-bond donors (Lipinski definition) is 0. The van der Waals surface area contributed by atoms with Gasteiger partial charge >= 0.3 is 0 Å². The van der Waals surface area contributed by atoms with Gasteiger partial charge in [-0.15, -0.1) is 11.6 Å². The van der Waals surface area contributed by atoms with Gasteiger partial charge in [-0.05, 0) is 19.3 Å². The molecule has 0 aromatic heterocycles. The highest BCUT2D eigenvalue weighted by atomic mass is 35.5. The number of carbonyl (C=O) groups is 2. The molecule has 0 N–H and O–H groups in total. The average Bonchev–Trinajstić information content (AvgIpc) is 2.16. The lowest BCUT2D eigenvalue weighted by Gasteiger charge is -2.24. The van der Waals surface area contributed by atoms with E-state index in [2.05, 4.69) is 0 Å². The number of carbonyl (C=O) groups excluding carboxylic acids is 2. The van der Waals surface area contributed by atoms with Crippen molar-refractivity contribution in [2.24, 2.45) is 0 Å². The largest absolute Gasteiger partial charge is 0.283 e. The molecule has 0 aromatic carbocycles. The maximum absolute atomic E-state index is 11.3. The average molecular weight is 218 g/mol. The van der Waals surface area contributed by atoms with E-state index in [0.29, 0.717) is 25.3 Å². The van der Waals surface area contributed by atoms with Gasteiger partial charge in [-0.25, -0.2) is 0 Å². The summed E-state index contributed by atoms with van der Waals surface area (Å²) in [7, 11) is 0. The van der Waals surface area contributed by atoms with Crippen LogP contribution < -0.4 is 0 Å². The van der Waals surface area contributed by atoms with E-state index in [0.717, 1.165) is 25.7 Å². The molecular formula is C10H16ClNO2. The second-order valence-electron chi connectivity index (χ2n) is 3.54. The van der Waals surface area contributed by atoms with Gasteiger partial charge in [0, 0.05) is 25.3 Å². The Bertz CT molecular complexity index is 202. The van der Waals surface area contributed by atoms with Crippen molar-refractivity contribution < 1.29 is 9.59 Å². The molecule has 0 spiro atoms. The smallest absolute Gasteiger partial charge is 0.229 e. The molecule has 80 valence electrons. The third-order valence-corrected chi connectivity index (χ3v) is 2.67. The van der Waals surface area contributed by atoms with E-state index in [1.165, 1.54) is 4.90 Å². The molecule has 0 atom stereocenters. The Kier molecular flexibility index (Phi) is 4.94. The van der Waals surface area contributed by atoms with Gasteiger partial charge in [0.2, 0.25) is 11.8 Å². The maximum atomic E-state index is 11.3. The molecule has 2 amide bonds. The Morgan fingerprint density at radius 2 is 1.71 bits per heavy atom. The van der Waals surface area contributed by atoms with Gasteiger partial charge in [0.25, 0.3) is 0 Å². The third-order valence-electron chi connectivity index (χ3n) is 2.40. The standard InChI is InChI=1S/C10H16ClNO2/c11-7-2-1-3-8-12-9(13)5-4-6-10(12)14/h1-8H2. The molecular weight excluding hydrogens is 202 g/mol. The summed E-state index contributed by atoms with van der Waals surface area (Å²) < 4.78 is 0. The molecule has 1 aliphatic rings. The number of rotatable bonds is 5. The molecule has 14 heavy (non-hydrogen) atoms. The number of amides is 2. The van der Waals surface area contributed by atoms with Crippen LogP contribution >= 0.6 is 11.6 Å². The Morgan fingerprint density at radius 1 is 1.07 bits per heavy atom. The molecule has 0 radical (unpaired) electrons. The van der Waals surface area contributed by atoms with Crippen molar-refractivity contribution in [3.05, 3.63) is 0 Å². The van der Waals surface area contributed by atoms with Crippen LogP contribution in [0.2, 0.25) is 0 Å². The van der Waals surface area contributed by atoms with Gasteiger partial charge in [0.1, 0.15) is 0 Å². The van der Waals surface area contributed by atoms with E-state index in [4.69, 9.17) is 11.6 Å². The van der Waals surface area contributed by atoms with Crippen molar-refractivity contribution in [1.82, 2.24) is 4.90 Å². The fourth-order valence-electron chi connectivity index (χ4n) is 1.59. The molecule has 3 nitrogen and oxygen atoms in total. The van der Waals surface area contributed by atoms with Gasteiger partial charge in [0.15, 0.2) is 0 Å².